The van der Waals surface area contributed by atoms with Gasteiger partial charge in [0.1, 0.15) is 0 Å². The Kier molecular flexibility index (Phi) is 5.26. The van der Waals surface area contributed by atoms with Gasteiger partial charge in [-0.15, -0.1) is 0 Å². The Hall–Kier alpha value is -1.20. The van der Waals surface area contributed by atoms with Gasteiger partial charge in [-0.25, -0.2) is 4.79 Å². The van der Waals surface area contributed by atoms with Crippen molar-refractivity contribution in [1.82, 2.24) is 0 Å². The summed E-state index contributed by atoms with van der Waals surface area (Å²) in [6.45, 7) is 0. The topological polar surface area (TPSA) is 50.1 Å². The fourth-order valence-electron chi connectivity index (χ4n) is 1.32. The Morgan fingerprint density at radius 1 is 1.53 bits per heavy atom. The monoisotopic (exact) mass is 353 g/mol. The molecule has 0 radical (unpaired) electrons. The van der Waals surface area contributed by atoms with Gasteiger partial charge in [0.15, 0.2) is 0 Å². The molecule has 0 fully saturated rings. The largest absolute Gasteiger partial charge is 0.465 e. The lowest BCUT2D eigenvalue weighted by molar-refractivity contribution is -0.0328. The van der Waals surface area contributed by atoms with Crippen LogP contribution >= 0.6 is 27.7 Å². The van der Waals surface area contributed by atoms with E-state index in [1.165, 1.54) is 0 Å². The van der Waals surface area contributed by atoms with E-state index < -0.39 is 23.2 Å². The predicted octanol–water partition coefficient (Wildman–Crippen LogP) is 3.85. The molecule has 0 atom stereocenters. The Morgan fingerprint density at radius 3 is 2.58 bits per heavy atom. The van der Waals surface area contributed by atoms with Crippen molar-refractivity contribution in [2.75, 3.05) is 7.11 Å². The van der Waals surface area contributed by atoms with Gasteiger partial charge in [-0.1, -0.05) is 15.9 Å². The van der Waals surface area contributed by atoms with Crippen molar-refractivity contribution in [3.8, 4) is 6.07 Å². The molecule has 0 bridgehead atoms. The molecule has 0 heterocycles. The van der Waals surface area contributed by atoms with Crippen molar-refractivity contribution in [3.63, 3.8) is 0 Å². The van der Waals surface area contributed by atoms with Crippen molar-refractivity contribution < 1.29 is 22.7 Å². The number of benzene rings is 1. The van der Waals surface area contributed by atoms with Gasteiger partial charge in [0, 0.05) is 10.2 Å². The third-order valence-electron chi connectivity index (χ3n) is 2.10. The minimum absolute atomic E-state index is 0.129. The smallest absolute Gasteiger partial charge is 0.446 e. The van der Waals surface area contributed by atoms with Crippen molar-refractivity contribution in [1.29, 1.82) is 5.26 Å². The molecule has 0 unspecified atom stereocenters. The van der Waals surface area contributed by atoms with Crippen LogP contribution in [0.2, 0.25) is 0 Å². The number of hydrogen-bond acceptors (Lipinski definition) is 4. The average Bonchev–Trinajstić information content (AvgIpc) is 2.35. The third-order valence-corrected chi connectivity index (χ3v) is 3.49. The van der Waals surface area contributed by atoms with Gasteiger partial charge < -0.3 is 4.74 Å². The molecule has 102 valence electrons. The number of rotatable bonds is 3. The van der Waals surface area contributed by atoms with E-state index in [0.29, 0.717) is 5.56 Å². The van der Waals surface area contributed by atoms with Gasteiger partial charge in [0.2, 0.25) is 0 Å². The highest BCUT2D eigenvalue weighted by molar-refractivity contribution is 9.08. The summed E-state index contributed by atoms with van der Waals surface area (Å²) < 4.78 is 41.7. The lowest BCUT2D eigenvalue weighted by Crippen LogP contribution is -2.08. The number of nitriles is 1. The molecule has 0 N–H and O–H groups in total. The summed E-state index contributed by atoms with van der Waals surface area (Å²) in [5, 5.41) is 9.11. The molecule has 0 aliphatic heterocycles. The number of thioether (sulfide) groups is 1. The van der Waals surface area contributed by atoms with Crippen molar-refractivity contribution in [2.45, 2.75) is 15.7 Å². The van der Waals surface area contributed by atoms with Crippen LogP contribution in [0.15, 0.2) is 17.0 Å². The van der Waals surface area contributed by atoms with Gasteiger partial charge in [0.05, 0.1) is 24.3 Å². The summed E-state index contributed by atoms with van der Waals surface area (Å²) in [7, 11) is 1.06. The second-order valence-corrected chi connectivity index (χ2v) is 4.96. The van der Waals surface area contributed by atoms with E-state index in [9.17, 15) is 18.0 Å². The van der Waals surface area contributed by atoms with Crippen LogP contribution < -0.4 is 0 Å². The van der Waals surface area contributed by atoms with E-state index >= 15 is 0 Å². The number of hydrogen-bond donors (Lipinski definition) is 0. The van der Waals surface area contributed by atoms with E-state index in [4.69, 9.17) is 5.26 Å². The van der Waals surface area contributed by atoms with Crippen molar-refractivity contribution in [2.24, 2.45) is 0 Å². The zero-order valence-corrected chi connectivity index (χ0v) is 11.9. The van der Waals surface area contributed by atoms with Crippen LogP contribution in [-0.2, 0) is 10.1 Å². The van der Waals surface area contributed by atoms with Crippen LogP contribution in [0.3, 0.4) is 0 Å². The number of alkyl halides is 4. The van der Waals surface area contributed by atoms with E-state index in [-0.39, 0.29) is 21.4 Å². The summed E-state index contributed by atoms with van der Waals surface area (Å²) in [6.07, 6.45) is 0. The molecule has 0 amide bonds. The first-order valence-electron chi connectivity index (χ1n) is 4.79. The molecule has 0 aliphatic carbocycles. The highest BCUT2D eigenvalue weighted by Gasteiger charge is 2.32. The normalized spacial score (nSPS) is 10.9. The Bertz CT molecular complexity index is 540. The fourth-order valence-corrected chi connectivity index (χ4v) is 2.48. The standard InChI is InChI=1S/C11H7BrF3NO2S/c1-18-10(17)8-2-7(5-16)6(4-12)3-9(8)19-11(13,14)15/h2-3H,4H2,1H3. The van der Waals surface area contributed by atoms with Crippen LogP contribution in [0.4, 0.5) is 13.2 Å². The molecular formula is C11H7BrF3NO2S. The molecule has 0 aromatic heterocycles. The number of carbonyl (C=O) groups excluding carboxylic acids is 1. The molecular weight excluding hydrogens is 347 g/mol. The van der Waals surface area contributed by atoms with Gasteiger partial charge in [-0.3, -0.25) is 0 Å². The number of esters is 1. The summed E-state index contributed by atoms with van der Waals surface area (Å²) in [5.41, 5.74) is -4.29. The van der Waals surface area contributed by atoms with Gasteiger partial charge in [-0.05, 0) is 29.5 Å². The number of ether oxygens (including phenoxy) is 1. The molecule has 0 spiro atoms. The lowest BCUT2D eigenvalue weighted by Gasteiger charge is -2.12. The zero-order valence-electron chi connectivity index (χ0n) is 9.55. The minimum Gasteiger partial charge on any atom is -0.465 e. The Balaban J connectivity index is 3.41. The van der Waals surface area contributed by atoms with Gasteiger partial charge in [0.25, 0.3) is 0 Å². The van der Waals surface area contributed by atoms with Crippen molar-refractivity contribution in [3.05, 3.63) is 28.8 Å². The molecule has 1 rings (SSSR count). The molecule has 1 aromatic rings. The summed E-state index contributed by atoms with van der Waals surface area (Å²) >= 11 is 2.67. The van der Waals surface area contributed by atoms with Gasteiger partial charge >= 0.3 is 11.5 Å². The Morgan fingerprint density at radius 2 is 2.16 bits per heavy atom. The number of nitrogens with zero attached hydrogens (tertiary/aromatic N) is 1. The maximum atomic E-state index is 12.4. The highest BCUT2D eigenvalue weighted by atomic mass is 79.9. The van der Waals surface area contributed by atoms with Crippen molar-refractivity contribution >= 4 is 33.7 Å². The summed E-state index contributed by atoms with van der Waals surface area (Å²) in [5.74, 6) is -0.913. The second-order valence-electron chi connectivity index (χ2n) is 3.29. The molecule has 0 saturated heterocycles. The van der Waals surface area contributed by atoms with Crippen LogP contribution in [0.5, 0.6) is 0 Å². The first-order valence-corrected chi connectivity index (χ1v) is 6.73. The van der Waals surface area contributed by atoms with Gasteiger partial charge in [-0.2, -0.15) is 18.4 Å². The van der Waals surface area contributed by atoms with E-state index in [2.05, 4.69) is 20.7 Å². The zero-order chi connectivity index (χ0) is 14.6. The predicted molar refractivity (Wildman–Crippen MR) is 67.0 cm³/mol. The van der Waals surface area contributed by atoms with Crippen LogP contribution in [-0.4, -0.2) is 18.6 Å². The molecule has 3 nitrogen and oxygen atoms in total. The molecule has 8 heteroatoms. The third kappa shape index (κ3) is 4.14. The molecule has 19 heavy (non-hydrogen) atoms. The number of halogens is 4. The quantitative estimate of drug-likeness (QED) is 0.470. The molecule has 0 aliphatic rings. The molecule has 0 saturated carbocycles. The van der Waals surface area contributed by atoms with E-state index in [1.807, 2.05) is 6.07 Å². The maximum absolute atomic E-state index is 12.4. The van der Waals surface area contributed by atoms with Crippen LogP contribution in [0.1, 0.15) is 21.5 Å². The summed E-state index contributed by atoms with van der Waals surface area (Å²) in [4.78, 5) is 11.2. The first-order chi connectivity index (χ1) is 8.82. The highest BCUT2D eigenvalue weighted by Crippen LogP contribution is 2.40. The summed E-state index contributed by atoms with van der Waals surface area (Å²) in [6, 6.07) is 4.10. The molecule has 1 aromatic carbocycles. The second kappa shape index (κ2) is 6.30. The van der Waals surface area contributed by atoms with Crippen LogP contribution in [0.25, 0.3) is 0 Å². The van der Waals surface area contributed by atoms with Crippen LogP contribution in [0, 0.1) is 11.3 Å². The SMILES string of the molecule is COC(=O)c1cc(C#N)c(CBr)cc1SC(F)(F)F. The lowest BCUT2D eigenvalue weighted by atomic mass is 10.1. The number of carbonyl (C=O) groups is 1. The first kappa shape index (κ1) is 15.9. The fraction of sp³-hybridized carbons (Fsp3) is 0.273. The Labute approximate surface area is 119 Å². The van der Waals surface area contributed by atoms with E-state index in [1.54, 1.807) is 0 Å². The van der Waals surface area contributed by atoms with E-state index in [0.717, 1.165) is 19.2 Å². The minimum atomic E-state index is -4.53. The average molecular weight is 354 g/mol. The number of methoxy groups -OCH3 is 1. The maximum Gasteiger partial charge on any atom is 0.446 e.